The zero-order valence-electron chi connectivity index (χ0n) is 17.9. The van der Waals surface area contributed by atoms with Crippen LogP contribution in [0.4, 0.5) is 0 Å². The molecule has 1 heterocycles. The summed E-state index contributed by atoms with van der Waals surface area (Å²) in [6, 6.07) is 0. The number of hydrogen-bond donors (Lipinski definition) is 2. The van der Waals surface area contributed by atoms with E-state index in [1.165, 1.54) is 71.3 Å². The molecule has 166 valence electrons. The van der Waals surface area contributed by atoms with Gasteiger partial charge in [0.15, 0.2) is 6.29 Å². The first-order chi connectivity index (χ1) is 13.6. The second-order valence-corrected chi connectivity index (χ2v) is 7.94. The molecule has 1 fully saturated rings. The summed E-state index contributed by atoms with van der Waals surface area (Å²) in [5.41, 5.74) is 0. The van der Waals surface area contributed by atoms with Gasteiger partial charge in [-0.3, -0.25) is 4.79 Å². The second-order valence-electron chi connectivity index (χ2n) is 7.94. The molecule has 6 nitrogen and oxygen atoms in total. The van der Waals surface area contributed by atoms with Gasteiger partial charge in [-0.05, 0) is 6.42 Å². The topological polar surface area (TPSA) is 85.2 Å². The summed E-state index contributed by atoms with van der Waals surface area (Å²) in [7, 11) is 1.39. The van der Waals surface area contributed by atoms with E-state index < -0.39 is 24.6 Å². The molecule has 0 amide bonds. The SMILES string of the molecule is CCCCCCCCCCCCCCCC(=O)OC[C@H]1O[C@H](OC)[C@@H](O)[C@@H]1O. The Balaban J connectivity index is 1.88. The highest BCUT2D eigenvalue weighted by Gasteiger charge is 2.43. The van der Waals surface area contributed by atoms with Gasteiger partial charge in [0, 0.05) is 13.5 Å². The van der Waals surface area contributed by atoms with E-state index in [0.717, 1.165) is 19.3 Å². The number of methoxy groups -OCH3 is 1. The summed E-state index contributed by atoms with van der Waals surface area (Å²) in [4.78, 5) is 11.8. The molecule has 1 aliphatic rings. The van der Waals surface area contributed by atoms with Gasteiger partial charge in [0.1, 0.15) is 24.9 Å². The maximum Gasteiger partial charge on any atom is 0.305 e. The molecular formula is C22H42O6. The predicted molar refractivity (Wildman–Crippen MR) is 109 cm³/mol. The van der Waals surface area contributed by atoms with Gasteiger partial charge in [0.05, 0.1) is 0 Å². The molecule has 2 N–H and O–H groups in total. The van der Waals surface area contributed by atoms with E-state index in [4.69, 9.17) is 14.2 Å². The maximum atomic E-state index is 11.8. The fourth-order valence-corrected chi connectivity index (χ4v) is 3.58. The molecule has 0 saturated carbocycles. The van der Waals surface area contributed by atoms with Crippen molar-refractivity contribution >= 4 is 5.97 Å². The second kappa shape index (κ2) is 16.1. The number of unbranched alkanes of at least 4 members (excludes halogenated alkanes) is 12. The number of hydrogen-bond acceptors (Lipinski definition) is 6. The molecule has 1 saturated heterocycles. The lowest BCUT2D eigenvalue weighted by molar-refractivity contribution is -0.165. The molecular weight excluding hydrogens is 360 g/mol. The fraction of sp³-hybridized carbons (Fsp3) is 0.955. The first kappa shape index (κ1) is 25.3. The van der Waals surface area contributed by atoms with Crippen LogP contribution in [0.5, 0.6) is 0 Å². The highest BCUT2D eigenvalue weighted by Crippen LogP contribution is 2.22. The van der Waals surface area contributed by atoms with E-state index >= 15 is 0 Å². The van der Waals surface area contributed by atoms with Crippen molar-refractivity contribution < 1.29 is 29.2 Å². The Hall–Kier alpha value is -0.690. The molecule has 6 heteroatoms. The lowest BCUT2D eigenvalue weighted by Gasteiger charge is -2.14. The van der Waals surface area contributed by atoms with Gasteiger partial charge >= 0.3 is 5.97 Å². The van der Waals surface area contributed by atoms with Crippen LogP contribution in [-0.4, -0.2) is 54.5 Å². The quantitative estimate of drug-likeness (QED) is 0.281. The van der Waals surface area contributed by atoms with E-state index in [9.17, 15) is 15.0 Å². The minimum atomic E-state index is -1.12. The zero-order valence-corrected chi connectivity index (χ0v) is 17.9. The average molecular weight is 403 g/mol. The molecule has 4 atom stereocenters. The Bertz CT molecular complexity index is 389. The van der Waals surface area contributed by atoms with Crippen molar-refractivity contribution in [2.75, 3.05) is 13.7 Å². The first-order valence-electron chi connectivity index (χ1n) is 11.3. The van der Waals surface area contributed by atoms with Gasteiger partial charge in [-0.15, -0.1) is 0 Å². The van der Waals surface area contributed by atoms with Gasteiger partial charge in [-0.25, -0.2) is 0 Å². The first-order valence-corrected chi connectivity index (χ1v) is 11.3. The van der Waals surface area contributed by atoms with E-state index in [-0.39, 0.29) is 12.6 Å². The van der Waals surface area contributed by atoms with Crippen LogP contribution in [-0.2, 0) is 19.0 Å². The molecule has 1 rings (SSSR count). The Morgan fingerprint density at radius 3 is 1.79 bits per heavy atom. The van der Waals surface area contributed by atoms with Gasteiger partial charge in [-0.1, -0.05) is 84.0 Å². The van der Waals surface area contributed by atoms with Crippen LogP contribution in [0, 0.1) is 0 Å². The monoisotopic (exact) mass is 402 g/mol. The number of esters is 1. The Kier molecular flexibility index (Phi) is 14.6. The Morgan fingerprint density at radius 2 is 1.32 bits per heavy atom. The van der Waals surface area contributed by atoms with Gasteiger partial charge in [0.2, 0.25) is 0 Å². The van der Waals surface area contributed by atoms with Crippen LogP contribution in [0.1, 0.15) is 96.8 Å². The van der Waals surface area contributed by atoms with Crippen LogP contribution >= 0.6 is 0 Å². The molecule has 0 spiro atoms. The summed E-state index contributed by atoms with van der Waals surface area (Å²) in [6.07, 6.45) is 13.0. The van der Waals surface area contributed by atoms with Gasteiger partial charge in [0.25, 0.3) is 0 Å². The molecule has 28 heavy (non-hydrogen) atoms. The number of aliphatic hydroxyl groups is 2. The number of carbonyl (C=O) groups is 1. The van der Waals surface area contributed by atoms with Crippen LogP contribution < -0.4 is 0 Å². The van der Waals surface area contributed by atoms with Crippen molar-refractivity contribution in [2.45, 2.75) is 121 Å². The number of rotatable bonds is 17. The van der Waals surface area contributed by atoms with Crippen molar-refractivity contribution in [2.24, 2.45) is 0 Å². The van der Waals surface area contributed by atoms with E-state index in [2.05, 4.69) is 6.92 Å². The molecule has 0 aromatic carbocycles. The largest absolute Gasteiger partial charge is 0.463 e. The minimum Gasteiger partial charge on any atom is -0.463 e. The summed E-state index contributed by atoms with van der Waals surface area (Å²) < 4.78 is 15.4. The molecule has 0 aromatic rings. The highest BCUT2D eigenvalue weighted by atomic mass is 16.7. The van der Waals surface area contributed by atoms with Crippen molar-refractivity contribution in [1.29, 1.82) is 0 Å². The van der Waals surface area contributed by atoms with Crippen LogP contribution in [0.3, 0.4) is 0 Å². The lowest BCUT2D eigenvalue weighted by Crippen LogP contribution is -2.35. The molecule has 1 aliphatic heterocycles. The fourth-order valence-electron chi connectivity index (χ4n) is 3.58. The third-order valence-corrected chi connectivity index (χ3v) is 5.44. The summed E-state index contributed by atoms with van der Waals surface area (Å²) in [5, 5.41) is 19.5. The molecule has 0 bridgehead atoms. The van der Waals surface area contributed by atoms with Gasteiger partial charge in [-0.2, -0.15) is 0 Å². The number of carbonyl (C=O) groups excluding carboxylic acids is 1. The Morgan fingerprint density at radius 1 is 0.821 bits per heavy atom. The Labute approximate surface area is 170 Å². The molecule has 0 radical (unpaired) electrons. The van der Waals surface area contributed by atoms with E-state index in [1.807, 2.05) is 0 Å². The van der Waals surface area contributed by atoms with Gasteiger partial charge < -0.3 is 24.4 Å². The standard InChI is InChI=1S/C22H42O6/c1-3-4-5-6-7-8-9-10-11-12-13-14-15-16-19(23)27-17-18-20(24)21(25)22(26-2)28-18/h18,20-22,24-25H,3-17H2,1-2H3/t18-,20-,21+,22+/m1/s1. The summed E-state index contributed by atoms with van der Waals surface area (Å²) in [5.74, 6) is -0.283. The summed E-state index contributed by atoms with van der Waals surface area (Å²) >= 11 is 0. The molecule has 0 unspecified atom stereocenters. The van der Waals surface area contributed by atoms with Crippen molar-refractivity contribution in [1.82, 2.24) is 0 Å². The van der Waals surface area contributed by atoms with Crippen molar-refractivity contribution in [3.8, 4) is 0 Å². The molecule has 0 aromatic heterocycles. The van der Waals surface area contributed by atoms with Crippen LogP contribution in [0.25, 0.3) is 0 Å². The van der Waals surface area contributed by atoms with E-state index in [1.54, 1.807) is 0 Å². The average Bonchev–Trinajstić information content (AvgIpc) is 2.97. The predicted octanol–water partition coefficient (Wildman–Crippen LogP) is 4.10. The smallest absolute Gasteiger partial charge is 0.305 e. The maximum absolute atomic E-state index is 11.8. The summed E-state index contributed by atoms with van der Waals surface area (Å²) in [6.45, 7) is 2.19. The van der Waals surface area contributed by atoms with Crippen molar-refractivity contribution in [3.05, 3.63) is 0 Å². The number of aliphatic hydroxyl groups excluding tert-OH is 2. The zero-order chi connectivity index (χ0) is 20.6. The third-order valence-electron chi connectivity index (χ3n) is 5.44. The highest BCUT2D eigenvalue weighted by molar-refractivity contribution is 5.69. The molecule has 0 aliphatic carbocycles. The van der Waals surface area contributed by atoms with Crippen LogP contribution in [0.15, 0.2) is 0 Å². The van der Waals surface area contributed by atoms with Crippen molar-refractivity contribution in [3.63, 3.8) is 0 Å². The number of ether oxygens (including phenoxy) is 3. The third kappa shape index (κ3) is 10.7. The van der Waals surface area contributed by atoms with Crippen LogP contribution in [0.2, 0.25) is 0 Å². The van der Waals surface area contributed by atoms with E-state index in [0.29, 0.717) is 6.42 Å². The normalized spacial score (nSPS) is 24.6. The minimum absolute atomic E-state index is 0.0602. The lowest BCUT2D eigenvalue weighted by atomic mass is 10.0.